The number of aromatic amines is 1. The van der Waals surface area contributed by atoms with Crippen molar-refractivity contribution in [3.63, 3.8) is 0 Å². The summed E-state index contributed by atoms with van der Waals surface area (Å²) in [6, 6.07) is 36.0. The number of hydrogen-bond donors (Lipinski definition) is 5. The molecular formula is C56H63N5O9S. The zero-order chi connectivity index (χ0) is 49.3. The molecule has 0 saturated carbocycles. The van der Waals surface area contributed by atoms with E-state index in [1.165, 1.54) is 29.0 Å². The zero-order valence-corrected chi connectivity index (χ0v) is 40.7. The number of thiophene rings is 1. The van der Waals surface area contributed by atoms with Crippen LogP contribution < -0.4 is 15.6 Å². The van der Waals surface area contributed by atoms with Gasteiger partial charge in [-0.3, -0.25) is 19.3 Å². The molecule has 372 valence electrons. The van der Waals surface area contributed by atoms with Crippen LogP contribution in [0.2, 0.25) is 0 Å². The van der Waals surface area contributed by atoms with Gasteiger partial charge in [-0.05, 0) is 129 Å². The van der Waals surface area contributed by atoms with Crippen molar-refractivity contribution in [2.45, 2.75) is 56.8 Å². The van der Waals surface area contributed by atoms with E-state index in [1.54, 1.807) is 66.7 Å². The molecular weight excluding hydrogens is 919 g/mol. The Bertz CT molecular complexity index is 2820. The van der Waals surface area contributed by atoms with Gasteiger partial charge >= 0.3 is 5.97 Å². The highest BCUT2D eigenvalue weighted by Gasteiger charge is 2.42. The van der Waals surface area contributed by atoms with Crippen molar-refractivity contribution in [1.29, 1.82) is 0 Å². The number of amides is 2. The number of ether oxygens (including phenoxy) is 2. The number of rotatable bonds is 17. The first-order valence-corrected chi connectivity index (χ1v) is 25.7. The standard InChI is InChI=1S/C56H63N5O9S/c62-47-16-14-45(46-15-19-51(64)58-52(46)47)48(63)34-57-33-38-22-28-60(29-23-38)53(65)49-17-18-50(71-49)54(66)61-30-24-41(25-31-61)36-69-44-13-7-12-43(32-44)56(68,42-10-5-2-6-11-42)55(67)70-37-40-20-26-59(27-21-40)35-39-8-3-1-4-9-39/h1-19,32,38,40-41,48,57,62-63,68H,20-31,33-37H2,(H,58,64)/t48-,56?/m0/s1. The molecule has 2 aromatic heterocycles. The first-order chi connectivity index (χ1) is 34.5. The molecule has 0 spiro atoms. The van der Waals surface area contributed by atoms with Crippen LogP contribution in [0.1, 0.15) is 86.2 Å². The summed E-state index contributed by atoms with van der Waals surface area (Å²) in [5, 5.41) is 37.3. The number of carbonyl (C=O) groups is 3. The lowest BCUT2D eigenvalue weighted by Gasteiger charge is -2.33. The topological polar surface area (TPSA) is 185 Å². The number of pyridine rings is 1. The largest absolute Gasteiger partial charge is 0.506 e. The van der Waals surface area contributed by atoms with Crippen molar-refractivity contribution >= 4 is 40.0 Å². The highest BCUT2D eigenvalue weighted by atomic mass is 32.1. The Morgan fingerprint density at radius 2 is 1.31 bits per heavy atom. The molecule has 3 fully saturated rings. The number of hydrogen-bond acceptors (Lipinski definition) is 12. The van der Waals surface area contributed by atoms with Crippen LogP contribution in [-0.2, 0) is 21.7 Å². The predicted octanol–water partition coefficient (Wildman–Crippen LogP) is 7.09. The number of aliphatic hydroxyl groups excluding tert-OH is 1. The third-order valence-corrected chi connectivity index (χ3v) is 15.6. The van der Waals surface area contributed by atoms with Crippen LogP contribution in [0.3, 0.4) is 0 Å². The third-order valence-electron chi connectivity index (χ3n) is 14.5. The Labute approximate surface area is 417 Å². The number of piperidine rings is 3. The highest BCUT2D eigenvalue weighted by Crippen LogP contribution is 2.35. The van der Waals surface area contributed by atoms with Crippen LogP contribution in [-0.4, -0.2) is 118 Å². The van der Waals surface area contributed by atoms with Crippen molar-refractivity contribution in [2.75, 3.05) is 65.6 Å². The predicted molar refractivity (Wildman–Crippen MR) is 272 cm³/mol. The second kappa shape index (κ2) is 22.8. The molecule has 6 aromatic rings. The van der Waals surface area contributed by atoms with Gasteiger partial charge in [0.1, 0.15) is 11.5 Å². The fraction of sp³-hybridized carbons (Fsp3) is 0.393. The van der Waals surface area contributed by atoms with Crippen molar-refractivity contribution in [3.8, 4) is 11.5 Å². The fourth-order valence-corrected chi connectivity index (χ4v) is 11.1. The Morgan fingerprint density at radius 3 is 1.99 bits per heavy atom. The van der Waals surface area contributed by atoms with Gasteiger partial charge in [0, 0.05) is 56.3 Å². The number of aromatic nitrogens is 1. The molecule has 3 aliphatic heterocycles. The second-order valence-electron chi connectivity index (χ2n) is 19.3. The third kappa shape index (κ3) is 11.9. The SMILES string of the molecule is O=C(c1ccc(C(=O)N2CCC(COc3cccc(C(O)(C(=O)OCC4CCN(Cc5ccccc5)CC4)c4ccccc4)c3)CC2)s1)N1CCC(CNC[C@H](O)c2ccc(O)c3[nH]c(=O)ccc23)CC1. The van der Waals surface area contributed by atoms with E-state index in [4.69, 9.17) is 9.47 Å². The Kier molecular flexibility index (Phi) is 15.9. The maximum absolute atomic E-state index is 14.0. The maximum Gasteiger partial charge on any atom is 0.347 e. The lowest BCUT2D eigenvalue weighted by molar-refractivity contribution is -0.164. The van der Waals surface area contributed by atoms with Gasteiger partial charge in [-0.2, -0.15) is 0 Å². The first kappa shape index (κ1) is 49.6. The van der Waals surface area contributed by atoms with Gasteiger partial charge in [-0.15, -0.1) is 11.3 Å². The van der Waals surface area contributed by atoms with Crippen molar-refractivity contribution in [1.82, 2.24) is 25.0 Å². The fourth-order valence-electron chi connectivity index (χ4n) is 10.2. The number of H-pyrrole nitrogens is 1. The molecule has 5 heterocycles. The number of esters is 1. The number of carbonyl (C=O) groups excluding carboxylic acids is 3. The van der Waals surface area contributed by atoms with Crippen LogP contribution in [0.25, 0.3) is 10.9 Å². The molecule has 1 unspecified atom stereocenters. The van der Waals surface area contributed by atoms with Gasteiger partial charge in [0.2, 0.25) is 11.2 Å². The number of phenols is 1. The van der Waals surface area contributed by atoms with E-state index in [-0.39, 0.29) is 41.6 Å². The average molecular weight is 982 g/mol. The number of aromatic hydroxyl groups is 1. The van der Waals surface area contributed by atoms with Gasteiger partial charge in [0.05, 0.1) is 34.6 Å². The first-order valence-electron chi connectivity index (χ1n) is 24.9. The summed E-state index contributed by atoms with van der Waals surface area (Å²) < 4.78 is 12.2. The summed E-state index contributed by atoms with van der Waals surface area (Å²) in [6.45, 7) is 6.67. The molecule has 2 amide bonds. The van der Waals surface area contributed by atoms with E-state index in [0.29, 0.717) is 94.9 Å². The molecule has 3 aliphatic rings. The molecule has 5 N–H and O–H groups in total. The van der Waals surface area contributed by atoms with Crippen LogP contribution >= 0.6 is 11.3 Å². The molecule has 4 aromatic carbocycles. The molecule has 15 heteroatoms. The summed E-state index contributed by atoms with van der Waals surface area (Å²) >= 11 is 1.24. The lowest BCUT2D eigenvalue weighted by atomic mass is 9.86. The molecule has 0 aliphatic carbocycles. The number of phenolic OH excluding ortho intramolecular Hbond substituents is 1. The number of likely N-dealkylation sites (tertiary alicyclic amines) is 3. The molecule has 9 rings (SSSR count). The number of fused-ring (bicyclic) bond motifs is 1. The summed E-state index contributed by atoms with van der Waals surface area (Å²) in [5.41, 5.74) is 0.614. The minimum Gasteiger partial charge on any atom is -0.506 e. The Balaban J connectivity index is 0.711. The second-order valence-corrected chi connectivity index (χ2v) is 20.4. The summed E-state index contributed by atoms with van der Waals surface area (Å²) in [5.74, 6) is 0.333. The summed E-state index contributed by atoms with van der Waals surface area (Å²) in [7, 11) is 0. The van der Waals surface area contributed by atoms with Gasteiger partial charge in [-0.1, -0.05) is 78.9 Å². The summed E-state index contributed by atoms with van der Waals surface area (Å²) in [4.78, 5) is 62.8. The number of aliphatic hydroxyl groups is 2. The van der Waals surface area contributed by atoms with Crippen molar-refractivity contribution in [3.05, 3.63) is 164 Å². The van der Waals surface area contributed by atoms with E-state index in [2.05, 4.69) is 39.5 Å². The molecule has 71 heavy (non-hydrogen) atoms. The van der Waals surface area contributed by atoms with E-state index in [0.717, 1.165) is 58.2 Å². The smallest absolute Gasteiger partial charge is 0.347 e. The minimum absolute atomic E-state index is 0.0524. The van der Waals surface area contributed by atoms with Crippen molar-refractivity contribution in [2.24, 2.45) is 17.8 Å². The maximum atomic E-state index is 14.0. The van der Waals surface area contributed by atoms with E-state index in [1.807, 2.05) is 28.0 Å². The van der Waals surface area contributed by atoms with Gasteiger partial charge in [0.15, 0.2) is 0 Å². The molecule has 14 nitrogen and oxygen atoms in total. The van der Waals surface area contributed by atoms with Crippen LogP contribution in [0.5, 0.6) is 11.5 Å². The Morgan fingerprint density at radius 1 is 0.704 bits per heavy atom. The normalized spacial score (nSPS) is 17.7. The van der Waals surface area contributed by atoms with E-state index >= 15 is 0 Å². The minimum atomic E-state index is -2.03. The van der Waals surface area contributed by atoms with Gasteiger partial charge < -0.3 is 44.9 Å². The highest BCUT2D eigenvalue weighted by molar-refractivity contribution is 7.15. The molecule has 2 atom stereocenters. The van der Waals surface area contributed by atoms with Crippen LogP contribution in [0.4, 0.5) is 0 Å². The van der Waals surface area contributed by atoms with E-state index < -0.39 is 17.7 Å². The lowest BCUT2D eigenvalue weighted by Crippen LogP contribution is -2.41. The van der Waals surface area contributed by atoms with Gasteiger partial charge in [0.25, 0.3) is 11.8 Å². The summed E-state index contributed by atoms with van der Waals surface area (Å²) in [6.07, 6.45) is 4.07. The molecule has 0 bridgehead atoms. The van der Waals surface area contributed by atoms with Crippen molar-refractivity contribution < 1.29 is 39.2 Å². The molecule has 0 radical (unpaired) electrons. The number of benzene rings is 4. The number of nitrogens with zero attached hydrogens (tertiary/aromatic N) is 3. The van der Waals surface area contributed by atoms with Crippen LogP contribution in [0.15, 0.2) is 126 Å². The quantitative estimate of drug-likeness (QED) is 0.0588. The van der Waals surface area contributed by atoms with E-state index in [9.17, 15) is 34.5 Å². The van der Waals surface area contributed by atoms with Gasteiger partial charge in [-0.25, -0.2) is 4.79 Å². The average Bonchev–Trinajstić information content (AvgIpc) is 3.91. The molecule has 3 saturated heterocycles. The zero-order valence-electron chi connectivity index (χ0n) is 39.9. The number of nitrogens with one attached hydrogen (secondary N) is 2. The van der Waals surface area contributed by atoms with Crippen LogP contribution in [0, 0.1) is 17.8 Å². The Hall–Kier alpha value is -6.36. The monoisotopic (exact) mass is 981 g/mol.